The van der Waals surface area contributed by atoms with Crippen LogP contribution in [0.25, 0.3) is 0 Å². The lowest BCUT2D eigenvalue weighted by Gasteiger charge is -2.07. The van der Waals surface area contributed by atoms with Crippen LogP contribution in [0.2, 0.25) is 0 Å². The van der Waals surface area contributed by atoms with E-state index >= 15 is 0 Å². The molecular weight excluding hydrogens is 242 g/mol. The average Bonchev–Trinajstić information content (AvgIpc) is 2.19. The highest BCUT2D eigenvalue weighted by Crippen LogP contribution is 2.21. The van der Waals surface area contributed by atoms with E-state index in [9.17, 15) is 8.42 Å². The molecule has 0 unspecified atom stereocenters. The van der Waals surface area contributed by atoms with E-state index < -0.39 is 10.4 Å². The molecule has 0 bridgehead atoms. The third kappa shape index (κ3) is 6.25. The minimum atomic E-state index is -4.43. The van der Waals surface area contributed by atoms with Gasteiger partial charge in [-0.05, 0) is 24.5 Å². The second-order valence-corrected chi connectivity index (χ2v) is 4.60. The highest BCUT2D eigenvalue weighted by Gasteiger charge is 2.10. The van der Waals surface area contributed by atoms with Crippen LogP contribution in [-0.2, 0) is 16.8 Å². The lowest BCUT2D eigenvalue weighted by molar-refractivity contribution is 0.385. The monoisotopic (exact) mass is 261 g/mol. The quantitative estimate of drug-likeness (QED) is 0.606. The smallest absolute Gasteiger partial charge is 0.362 e. The van der Waals surface area contributed by atoms with Crippen LogP contribution >= 0.6 is 0 Å². The zero-order chi connectivity index (χ0) is 12.0. The Bertz CT molecular complexity index is 431. The van der Waals surface area contributed by atoms with Crippen molar-refractivity contribution in [3.63, 3.8) is 0 Å². The van der Waals surface area contributed by atoms with Crippen molar-refractivity contribution < 1.29 is 17.2 Å². The molecular formula is C11H19NO4S. The number of unbranched alkanes of at least 4 members (excludes halogenated alkanes) is 2. The Morgan fingerprint density at radius 3 is 2.47 bits per heavy atom. The molecule has 1 aromatic carbocycles. The van der Waals surface area contributed by atoms with E-state index in [1.807, 2.05) is 6.07 Å². The van der Waals surface area contributed by atoms with Crippen LogP contribution in [0.4, 0.5) is 0 Å². The third-order valence-electron chi connectivity index (χ3n) is 2.22. The van der Waals surface area contributed by atoms with Crippen LogP contribution in [0.5, 0.6) is 5.75 Å². The number of hydrogen-bond acceptors (Lipinski definition) is 4. The number of rotatable bonds is 6. The van der Waals surface area contributed by atoms with Crippen molar-refractivity contribution in [1.82, 2.24) is 6.15 Å². The zero-order valence-corrected chi connectivity index (χ0v) is 10.7. The number of benzene rings is 1. The summed E-state index contributed by atoms with van der Waals surface area (Å²) in [6.45, 7) is 2.10. The fourth-order valence-corrected chi connectivity index (χ4v) is 1.86. The summed E-state index contributed by atoms with van der Waals surface area (Å²) in [6, 6.07) is 6.83. The van der Waals surface area contributed by atoms with Crippen LogP contribution in [0.15, 0.2) is 24.3 Å². The van der Waals surface area contributed by atoms with Crippen LogP contribution in [0.1, 0.15) is 31.7 Å². The fourth-order valence-electron chi connectivity index (χ4n) is 1.47. The molecule has 0 spiro atoms. The Morgan fingerprint density at radius 2 is 1.88 bits per heavy atom. The Kier molecular flexibility index (Phi) is 6.79. The van der Waals surface area contributed by atoms with Gasteiger partial charge in [0.25, 0.3) is 0 Å². The molecule has 0 aromatic heterocycles. The van der Waals surface area contributed by atoms with Crippen molar-refractivity contribution in [2.45, 2.75) is 32.6 Å². The average molecular weight is 261 g/mol. The second-order valence-electron chi connectivity index (χ2n) is 3.58. The van der Waals surface area contributed by atoms with Gasteiger partial charge in [-0.15, -0.1) is 0 Å². The maximum absolute atomic E-state index is 10.6. The van der Waals surface area contributed by atoms with Crippen molar-refractivity contribution in [3.05, 3.63) is 29.8 Å². The van der Waals surface area contributed by atoms with E-state index in [0.29, 0.717) is 0 Å². The normalized spacial score (nSPS) is 10.7. The minimum Gasteiger partial charge on any atom is -0.362 e. The standard InChI is InChI=1S/C11H16O4S.H3N/c1-2-3-4-7-10-8-5-6-9-11(10)15-16(12,13)14;/h5-6,8-9H,2-4,7H2,1H3,(H,12,13,14);1H3. The number of aryl methyl sites for hydroxylation is 1. The van der Waals surface area contributed by atoms with E-state index in [1.165, 1.54) is 6.07 Å². The summed E-state index contributed by atoms with van der Waals surface area (Å²) >= 11 is 0. The maximum atomic E-state index is 10.6. The number of para-hydroxylation sites is 1. The van der Waals surface area contributed by atoms with Gasteiger partial charge in [0, 0.05) is 0 Å². The maximum Gasteiger partial charge on any atom is 0.446 e. The molecule has 5 nitrogen and oxygen atoms in total. The van der Waals surface area contributed by atoms with Crippen LogP contribution in [0, 0.1) is 0 Å². The third-order valence-corrected chi connectivity index (χ3v) is 2.61. The lowest BCUT2D eigenvalue weighted by atomic mass is 10.1. The molecule has 0 saturated heterocycles. The van der Waals surface area contributed by atoms with Gasteiger partial charge in [0.05, 0.1) is 0 Å². The molecule has 0 aliphatic rings. The molecule has 4 N–H and O–H groups in total. The Morgan fingerprint density at radius 1 is 1.24 bits per heavy atom. The molecule has 0 amide bonds. The Balaban J connectivity index is 0.00000256. The highest BCUT2D eigenvalue weighted by atomic mass is 32.3. The van der Waals surface area contributed by atoms with Crippen molar-refractivity contribution in [1.29, 1.82) is 0 Å². The summed E-state index contributed by atoms with van der Waals surface area (Å²) in [5.41, 5.74) is 0.800. The van der Waals surface area contributed by atoms with Gasteiger partial charge < -0.3 is 10.3 Å². The molecule has 17 heavy (non-hydrogen) atoms. The van der Waals surface area contributed by atoms with Gasteiger partial charge in [0.1, 0.15) is 5.75 Å². The first-order chi connectivity index (χ1) is 7.53. The summed E-state index contributed by atoms with van der Waals surface area (Å²) in [5, 5.41) is 0. The first-order valence-corrected chi connectivity index (χ1v) is 6.64. The van der Waals surface area contributed by atoms with E-state index in [2.05, 4.69) is 11.1 Å². The van der Waals surface area contributed by atoms with Crippen molar-refractivity contribution in [2.24, 2.45) is 0 Å². The van der Waals surface area contributed by atoms with Gasteiger partial charge >= 0.3 is 10.4 Å². The second kappa shape index (κ2) is 7.26. The van der Waals surface area contributed by atoms with Gasteiger partial charge in [-0.2, -0.15) is 8.42 Å². The molecule has 98 valence electrons. The summed E-state index contributed by atoms with van der Waals surface area (Å²) in [4.78, 5) is 0. The first-order valence-electron chi connectivity index (χ1n) is 5.27. The van der Waals surface area contributed by atoms with Gasteiger partial charge in [-0.25, -0.2) is 0 Å². The molecule has 0 radical (unpaired) electrons. The topological polar surface area (TPSA) is 98.6 Å². The van der Waals surface area contributed by atoms with Crippen molar-refractivity contribution in [2.75, 3.05) is 0 Å². The molecule has 0 saturated carbocycles. The lowest BCUT2D eigenvalue weighted by Crippen LogP contribution is -2.08. The van der Waals surface area contributed by atoms with Crippen molar-refractivity contribution >= 4 is 10.4 Å². The summed E-state index contributed by atoms with van der Waals surface area (Å²) in [7, 11) is -4.43. The molecule has 1 aromatic rings. The van der Waals surface area contributed by atoms with Gasteiger partial charge in [-0.1, -0.05) is 38.0 Å². The van der Waals surface area contributed by atoms with Crippen LogP contribution in [-0.4, -0.2) is 13.0 Å². The number of hydrogen-bond donors (Lipinski definition) is 2. The molecule has 1 rings (SSSR count). The van der Waals surface area contributed by atoms with Gasteiger partial charge in [0.2, 0.25) is 0 Å². The molecule has 0 aliphatic carbocycles. The van der Waals surface area contributed by atoms with Gasteiger partial charge in [0.15, 0.2) is 0 Å². The van der Waals surface area contributed by atoms with E-state index in [0.717, 1.165) is 31.2 Å². The van der Waals surface area contributed by atoms with E-state index in [4.69, 9.17) is 4.55 Å². The molecule has 0 heterocycles. The molecule has 6 heteroatoms. The summed E-state index contributed by atoms with van der Waals surface area (Å²) < 4.78 is 34.3. The minimum absolute atomic E-state index is 0. The predicted molar refractivity (Wildman–Crippen MR) is 66.9 cm³/mol. The fraction of sp³-hybridized carbons (Fsp3) is 0.455. The Labute approximate surface area is 102 Å². The first kappa shape index (κ1) is 15.9. The SMILES string of the molecule is CCCCCc1ccccc1OS(=O)(=O)O.N. The summed E-state index contributed by atoms with van der Waals surface area (Å²) in [5.74, 6) is 0.209. The summed E-state index contributed by atoms with van der Waals surface area (Å²) in [6.07, 6.45) is 3.91. The molecule has 0 atom stereocenters. The van der Waals surface area contributed by atoms with Crippen molar-refractivity contribution in [3.8, 4) is 5.75 Å². The molecule has 0 aliphatic heterocycles. The van der Waals surface area contributed by atoms with Crippen LogP contribution in [0.3, 0.4) is 0 Å². The highest BCUT2D eigenvalue weighted by molar-refractivity contribution is 7.81. The molecule has 0 fully saturated rings. The van der Waals surface area contributed by atoms with Crippen LogP contribution < -0.4 is 10.3 Å². The largest absolute Gasteiger partial charge is 0.446 e. The van der Waals surface area contributed by atoms with E-state index in [-0.39, 0.29) is 11.9 Å². The van der Waals surface area contributed by atoms with E-state index in [1.54, 1.807) is 12.1 Å². The Hall–Kier alpha value is -1.11. The predicted octanol–water partition coefficient (Wildman–Crippen LogP) is 2.76. The zero-order valence-electron chi connectivity index (χ0n) is 9.93. The van der Waals surface area contributed by atoms with Gasteiger partial charge in [-0.3, -0.25) is 4.55 Å².